The summed E-state index contributed by atoms with van der Waals surface area (Å²) in [5.41, 5.74) is 0. The predicted molar refractivity (Wildman–Crippen MR) is 57.1 cm³/mol. The zero-order valence-electron chi connectivity index (χ0n) is 10.1. The first-order chi connectivity index (χ1) is 8.36. The van der Waals surface area contributed by atoms with Crippen molar-refractivity contribution in [3.63, 3.8) is 0 Å². The molecule has 1 heterocycles. The molecule has 1 fully saturated rings. The van der Waals surface area contributed by atoms with Crippen molar-refractivity contribution in [2.45, 2.75) is 44.5 Å². The predicted octanol–water partition coefficient (Wildman–Crippen LogP) is -2.51. The van der Waals surface area contributed by atoms with Gasteiger partial charge in [0.05, 0.1) is 6.61 Å². The first-order valence-electron chi connectivity index (χ1n) is 5.43. The average Bonchev–Trinajstić information content (AvgIpc) is 2.27. The zero-order valence-corrected chi connectivity index (χ0v) is 10.1. The van der Waals surface area contributed by atoms with Crippen molar-refractivity contribution < 1.29 is 34.4 Å². The summed E-state index contributed by atoms with van der Waals surface area (Å²) in [5, 5.41) is 30.9. The fraction of sp³-hybridized carbons (Fsp3) is 0.800. The first kappa shape index (κ1) is 14.8. The van der Waals surface area contributed by atoms with Gasteiger partial charge in [0.15, 0.2) is 12.4 Å². The molecule has 8 heteroatoms. The molecule has 0 spiro atoms. The fourth-order valence-electron chi connectivity index (χ4n) is 1.81. The largest absolute Gasteiger partial charge is 0.457 e. The van der Waals surface area contributed by atoms with E-state index in [4.69, 9.17) is 14.6 Å². The Morgan fingerprint density at radius 1 is 1.33 bits per heavy atom. The second kappa shape index (κ2) is 6.10. The maximum absolute atomic E-state index is 10.9. The van der Waals surface area contributed by atoms with E-state index in [1.165, 1.54) is 6.92 Å². The Labute approximate surface area is 104 Å². The van der Waals surface area contributed by atoms with Gasteiger partial charge in [-0.2, -0.15) is 0 Å². The Bertz CT molecular complexity index is 321. The summed E-state index contributed by atoms with van der Waals surface area (Å²) in [4.78, 5) is 21.8. The van der Waals surface area contributed by atoms with Gasteiger partial charge in [-0.25, -0.2) is 0 Å². The second-order valence-corrected chi connectivity index (χ2v) is 4.04. The van der Waals surface area contributed by atoms with Crippen molar-refractivity contribution in [1.29, 1.82) is 0 Å². The van der Waals surface area contributed by atoms with Crippen LogP contribution >= 0.6 is 0 Å². The van der Waals surface area contributed by atoms with Gasteiger partial charge >= 0.3 is 5.97 Å². The third-order valence-electron chi connectivity index (χ3n) is 2.54. The number of rotatable bonds is 3. The lowest BCUT2D eigenvalue weighted by Crippen LogP contribution is -2.64. The van der Waals surface area contributed by atoms with Crippen molar-refractivity contribution in [3.05, 3.63) is 0 Å². The number of aliphatic hydroxyl groups excluding tert-OH is 3. The van der Waals surface area contributed by atoms with E-state index in [9.17, 15) is 19.8 Å². The second-order valence-electron chi connectivity index (χ2n) is 4.04. The maximum Gasteiger partial charge on any atom is 0.303 e. The number of hydrogen-bond acceptors (Lipinski definition) is 7. The van der Waals surface area contributed by atoms with Gasteiger partial charge in [-0.3, -0.25) is 9.59 Å². The minimum absolute atomic E-state index is 0.481. The zero-order chi connectivity index (χ0) is 13.9. The van der Waals surface area contributed by atoms with Crippen LogP contribution in [0, 0.1) is 0 Å². The standard InChI is InChI=1S/C10H17NO7/c1-4(13)11-7-8(15)9(17-5(2)14)6(3-12)18-10(7)16/h6-10,12,15-16H,3H2,1-2H3,(H,11,13)/t6-,7-,8-,9-,10+/m1/s1. The molecule has 0 saturated carbocycles. The first-order valence-corrected chi connectivity index (χ1v) is 5.43. The quantitative estimate of drug-likeness (QED) is 0.414. The number of carbonyl (C=O) groups is 2. The minimum Gasteiger partial charge on any atom is -0.457 e. The van der Waals surface area contributed by atoms with Crippen LogP contribution in [0.3, 0.4) is 0 Å². The highest BCUT2D eigenvalue weighted by Crippen LogP contribution is 2.22. The molecule has 5 atom stereocenters. The number of carbonyl (C=O) groups excluding carboxylic acids is 2. The summed E-state index contributed by atoms with van der Waals surface area (Å²) in [6.45, 7) is 1.80. The molecule has 0 unspecified atom stereocenters. The molecule has 104 valence electrons. The lowest BCUT2D eigenvalue weighted by atomic mass is 9.96. The number of esters is 1. The number of aliphatic hydroxyl groups is 3. The smallest absolute Gasteiger partial charge is 0.303 e. The molecule has 1 aliphatic rings. The lowest BCUT2D eigenvalue weighted by Gasteiger charge is -2.41. The topological polar surface area (TPSA) is 125 Å². The van der Waals surface area contributed by atoms with E-state index in [2.05, 4.69) is 5.32 Å². The highest BCUT2D eigenvalue weighted by Gasteiger charge is 2.46. The molecular formula is C10H17NO7. The third-order valence-corrected chi connectivity index (χ3v) is 2.54. The molecule has 8 nitrogen and oxygen atoms in total. The number of ether oxygens (including phenoxy) is 2. The van der Waals surface area contributed by atoms with E-state index >= 15 is 0 Å². The van der Waals surface area contributed by atoms with E-state index in [1.807, 2.05) is 0 Å². The Balaban J connectivity index is 2.84. The van der Waals surface area contributed by atoms with Crippen LogP contribution in [0.15, 0.2) is 0 Å². The van der Waals surface area contributed by atoms with Crippen LogP contribution in [0.1, 0.15) is 13.8 Å². The maximum atomic E-state index is 10.9. The van der Waals surface area contributed by atoms with Gasteiger partial charge in [-0.05, 0) is 0 Å². The number of amides is 1. The molecule has 1 amide bonds. The van der Waals surface area contributed by atoms with Crippen LogP contribution in [0.5, 0.6) is 0 Å². The molecule has 0 aliphatic carbocycles. The van der Waals surface area contributed by atoms with Crippen molar-refractivity contribution in [2.24, 2.45) is 0 Å². The molecule has 0 aromatic carbocycles. The molecule has 18 heavy (non-hydrogen) atoms. The van der Waals surface area contributed by atoms with E-state index in [1.54, 1.807) is 0 Å². The fourth-order valence-corrected chi connectivity index (χ4v) is 1.81. The van der Waals surface area contributed by atoms with Gasteiger partial charge in [0, 0.05) is 13.8 Å². The molecule has 0 radical (unpaired) electrons. The molecular weight excluding hydrogens is 246 g/mol. The average molecular weight is 263 g/mol. The SMILES string of the molecule is CC(=O)N[C@@H]1[C@@H](O)[C@H](OC(C)=O)[C@@H](CO)O[C@@H]1O. The van der Waals surface area contributed by atoms with Crippen molar-refractivity contribution in [2.75, 3.05) is 6.61 Å². The summed E-state index contributed by atoms with van der Waals surface area (Å²) < 4.78 is 9.82. The molecule has 0 aromatic heterocycles. The van der Waals surface area contributed by atoms with Crippen LogP contribution in [0.2, 0.25) is 0 Å². The molecule has 1 saturated heterocycles. The van der Waals surface area contributed by atoms with E-state index in [-0.39, 0.29) is 0 Å². The lowest BCUT2D eigenvalue weighted by molar-refractivity contribution is -0.259. The Morgan fingerprint density at radius 3 is 2.39 bits per heavy atom. The van der Waals surface area contributed by atoms with Crippen LogP contribution < -0.4 is 5.32 Å². The van der Waals surface area contributed by atoms with Crippen molar-refractivity contribution >= 4 is 11.9 Å². The highest BCUT2D eigenvalue weighted by atomic mass is 16.6. The van der Waals surface area contributed by atoms with Gasteiger partial charge < -0.3 is 30.1 Å². The molecule has 0 aromatic rings. The highest BCUT2D eigenvalue weighted by molar-refractivity contribution is 5.73. The summed E-state index contributed by atoms with van der Waals surface area (Å²) in [6, 6.07) is -1.13. The number of hydrogen-bond donors (Lipinski definition) is 4. The Morgan fingerprint density at radius 2 is 1.94 bits per heavy atom. The van der Waals surface area contributed by atoms with Crippen LogP contribution in [-0.4, -0.2) is 64.4 Å². The molecule has 4 N–H and O–H groups in total. The Kier molecular flexibility index (Phi) is 5.03. The van der Waals surface area contributed by atoms with E-state index in [0.717, 1.165) is 6.92 Å². The van der Waals surface area contributed by atoms with Crippen LogP contribution in [0.4, 0.5) is 0 Å². The van der Waals surface area contributed by atoms with Crippen LogP contribution in [0.25, 0.3) is 0 Å². The molecule has 1 aliphatic heterocycles. The Hall–Kier alpha value is -1.22. The summed E-state index contributed by atoms with van der Waals surface area (Å²) in [5.74, 6) is -1.15. The summed E-state index contributed by atoms with van der Waals surface area (Å²) in [7, 11) is 0. The van der Waals surface area contributed by atoms with Crippen LogP contribution in [-0.2, 0) is 19.1 Å². The van der Waals surface area contributed by atoms with Gasteiger partial charge in [0.25, 0.3) is 0 Å². The van der Waals surface area contributed by atoms with Crippen molar-refractivity contribution in [1.82, 2.24) is 5.32 Å². The van der Waals surface area contributed by atoms with Gasteiger partial charge in [-0.1, -0.05) is 0 Å². The normalized spacial score (nSPS) is 35.9. The summed E-state index contributed by atoms with van der Waals surface area (Å²) >= 11 is 0. The van der Waals surface area contributed by atoms with Gasteiger partial charge in [0.2, 0.25) is 5.91 Å². The third kappa shape index (κ3) is 3.39. The van der Waals surface area contributed by atoms with Crippen molar-refractivity contribution in [3.8, 4) is 0 Å². The monoisotopic (exact) mass is 263 g/mol. The minimum atomic E-state index is -1.49. The van der Waals surface area contributed by atoms with E-state index in [0.29, 0.717) is 0 Å². The summed E-state index contributed by atoms with van der Waals surface area (Å²) in [6.07, 6.45) is -5.08. The molecule has 1 rings (SSSR count). The van der Waals surface area contributed by atoms with E-state index < -0.39 is 49.1 Å². The molecule has 0 bridgehead atoms. The van der Waals surface area contributed by atoms with Gasteiger partial charge in [0.1, 0.15) is 18.2 Å². The number of nitrogens with one attached hydrogen (secondary N) is 1. The van der Waals surface area contributed by atoms with Gasteiger partial charge in [-0.15, -0.1) is 0 Å².